The number of nitro groups is 2. The number of rotatable bonds is 4. The predicted octanol–water partition coefficient (Wildman–Crippen LogP) is 2.34. The van der Waals surface area contributed by atoms with E-state index in [1.54, 1.807) is 0 Å². The first-order valence-electron chi connectivity index (χ1n) is 6.61. The van der Waals surface area contributed by atoms with E-state index in [1.165, 1.54) is 24.3 Å². The van der Waals surface area contributed by atoms with Crippen LogP contribution < -0.4 is 10.6 Å². The Morgan fingerprint density at radius 2 is 1.52 bits per heavy atom. The van der Waals surface area contributed by atoms with E-state index < -0.39 is 27.1 Å². The van der Waals surface area contributed by atoms with Crippen molar-refractivity contribution in [1.29, 1.82) is 0 Å². The van der Waals surface area contributed by atoms with Crippen LogP contribution in [0.25, 0.3) is 0 Å². The molecule has 2 rings (SSSR count). The largest absolute Gasteiger partial charge is 0.508 e. The van der Waals surface area contributed by atoms with E-state index in [1.807, 2.05) is 0 Å². The van der Waals surface area contributed by atoms with Crippen molar-refractivity contribution < 1.29 is 19.7 Å². The van der Waals surface area contributed by atoms with Crippen molar-refractivity contribution in [3.63, 3.8) is 0 Å². The molecule has 0 atom stereocenters. The van der Waals surface area contributed by atoms with Gasteiger partial charge in [0.1, 0.15) is 5.75 Å². The first-order chi connectivity index (χ1) is 11.8. The van der Waals surface area contributed by atoms with Gasteiger partial charge in [0.05, 0.1) is 21.5 Å². The van der Waals surface area contributed by atoms with Gasteiger partial charge in [-0.25, -0.2) is 0 Å². The van der Waals surface area contributed by atoms with Crippen molar-refractivity contribution in [3.05, 3.63) is 68.3 Å². The fraction of sp³-hybridized carbons (Fsp3) is 0. The Hall–Kier alpha value is -3.60. The molecule has 11 heteroatoms. The highest BCUT2D eigenvalue weighted by Gasteiger charge is 2.20. The monoisotopic (exact) mass is 362 g/mol. The number of nitro benzene ring substituents is 2. The van der Waals surface area contributed by atoms with Crippen LogP contribution in [0.15, 0.2) is 42.5 Å². The van der Waals surface area contributed by atoms with Crippen LogP contribution in [-0.2, 0) is 0 Å². The third kappa shape index (κ3) is 4.68. The number of phenolic OH excluding ortho intramolecular Hbond substituents is 1. The summed E-state index contributed by atoms with van der Waals surface area (Å²) in [4.78, 5) is 32.1. The molecule has 25 heavy (non-hydrogen) atoms. The number of phenols is 1. The third-order valence-corrected chi connectivity index (χ3v) is 3.14. The number of hydrogen-bond acceptors (Lipinski definition) is 7. The van der Waals surface area contributed by atoms with E-state index in [0.717, 1.165) is 18.2 Å². The van der Waals surface area contributed by atoms with Crippen LogP contribution in [0.1, 0.15) is 10.4 Å². The molecule has 0 fully saturated rings. The lowest BCUT2D eigenvalue weighted by Crippen LogP contribution is -2.34. The van der Waals surface area contributed by atoms with E-state index in [2.05, 4.69) is 10.6 Å². The molecular weight excluding hydrogens is 352 g/mol. The highest BCUT2D eigenvalue weighted by Crippen LogP contribution is 2.22. The number of amides is 1. The standard InChI is InChI=1S/C14H10N4O6S/c19-12-3-1-9(2-4-12)15-14(25)16-13(20)8-5-10(17(21)22)7-11(6-8)18(23)24/h1-7,19H,(H2,15,16,20,25). The molecule has 0 saturated heterocycles. The Bertz CT molecular complexity index is 836. The zero-order valence-electron chi connectivity index (χ0n) is 12.3. The lowest BCUT2D eigenvalue weighted by Gasteiger charge is -2.09. The number of nitrogens with zero attached hydrogens (tertiary/aromatic N) is 2. The Balaban J connectivity index is 2.16. The quantitative estimate of drug-likeness (QED) is 0.325. The average Bonchev–Trinajstić information content (AvgIpc) is 2.56. The molecule has 0 bridgehead atoms. The number of non-ortho nitro benzene ring substituents is 2. The molecule has 0 aromatic heterocycles. The summed E-state index contributed by atoms with van der Waals surface area (Å²) in [5.74, 6) is -0.799. The van der Waals surface area contributed by atoms with Crippen LogP contribution in [-0.4, -0.2) is 26.0 Å². The number of aromatic hydroxyl groups is 1. The van der Waals surface area contributed by atoms with Gasteiger partial charge >= 0.3 is 0 Å². The molecule has 0 aliphatic carbocycles. The highest BCUT2D eigenvalue weighted by atomic mass is 32.1. The van der Waals surface area contributed by atoms with Gasteiger partial charge in [0, 0.05) is 17.8 Å². The number of benzene rings is 2. The maximum Gasteiger partial charge on any atom is 0.277 e. The van der Waals surface area contributed by atoms with Crippen LogP contribution in [0.5, 0.6) is 5.75 Å². The maximum absolute atomic E-state index is 12.1. The summed E-state index contributed by atoms with van der Waals surface area (Å²) < 4.78 is 0. The van der Waals surface area contributed by atoms with Gasteiger partial charge in [0.25, 0.3) is 17.3 Å². The van der Waals surface area contributed by atoms with Gasteiger partial charge in [-0.3, -0.25) is 30.3 Å². The van der Waals surface area contributed by atoms with Gasteiger partial charge in [-0.05, 0) is 36.5 Å². The summed E-state index contributed by atoms with van der Waals surface area (Å²) >= 11 is 4.94. The Kier molecular flexibility index (Phi) is 5.19. The second-order valence-corrected chi connectivity index (χ2v) is 5.12. The van der Waals surface area contributed by atoms with E-state index in [9.17, 15) is 30.1 Å². The molecule has 1 amide bonds. The topological polar surface area (TPSA) is 148 Å². The van der Waals surface area contributed by atoms with E-state index in [0.29, 0.717) is 5.69 Å². The average molecular weight is 362 g/mol. The summed E-state index contributed by atoms with van der Waals surface area (Å²) in [6, 6.07) is 8.38. The molecule has 3 N–H and O–H groups in total. The van der Waals surface area contributed by atoms with Gasteiger partial charge in [0.15, 0.2) is 5.11 Å². The van der Waals surface area contributed by atoms with Crippen LogP contribution >= 0.6 is 12.2 Å². The maximum atomic E-state index is 12.1. The SMILES string of the molecule is O=C(NC(=S)Nc1ccc(O)cc1)c1cc([N+](=O)[O-])cc([N+](=O)[O-])c1. The minimum absolute atomic E-state index is 0.0457. The normalized spacial score (nSPS) is 9.92. The molecule has 0 aliphatic heterocycles. The van der Waals surface area contributed by atoms with Crippen molar-refractivity contribution >= 4 is 40.3 Å². The summed E-state index contributed by atoms with van der Waals surface area (Å²) in [5.41, 5.74) is -0.975. The summed E-state index contributed by atoms with van der Waals surface area (Å²) in [7, 11) is 0. The number of nitrogens with one attached hydrogen (secondary N) is 2. The fourth-order valence-electron chi connectivity index (χ4n) is 1.82. The molecule has 0 aliphatic rings. The molecule has 0 spiro atoms. The molecule has 0 saturated carbocycles. The number of anilines is 1. The van der Waals surface area contributed by atoms with Crippen molar-refractivity contribution in [2.24, 2.45) is 0 Å². The van der Waals surface area contributed by atoms with Gasteiger partial charge < -0.3 is 10.4 Å². The van der Waals surface area contributed by atoms with Crippen molar-refractivity contribution in [2.75, 3.05) is 5.32 Å². The molecule has 0 heterocycles. The Morgan fingerprint density at radius 1 is 1.00 bits per heavy atom. The first kappa shape index (κ1) is 17.7. The minimum atomic E-state index is -0.844. The molecule has 128 valence electrons. The summed E-state index contributed by atoms with van der Waals surface area (Å²) in [6.45, 7) is 0. The van der Waals surface area contributed by atoms with Gasteiger partial charge in [-0.1, -0.05) is 0 Å². The second kappa shape index (κ2) is 7.31. The number of hydrogen-bond donors (Lipinski definition) is 3. The van der Waals surface area contributed by atoms with Gasteiger partial charge in [0.2, 0.25) is 0 Å². The number of thiocarbonyl (C=S) groups is 1. The number of carbonyl (C=O) groups is 1. The van der Waals surface area contributed by atoms with Crippen molar-refractivity contribution in [3.8, 4) is 5.75 Å². The molecule has 2 aromatic carbocycles. The lowest BCUT2D eigenvalue weighted by molar-refractivity contribution is -0.394. The van der Waals surface area contributed by atoms with E-state index in [-0.39, 0.29) is 16.4 Å². The molecular formula is C14H10N4O6S. The highest BCUT2D eigenvalue weighted by molar-refractivity contribution is 7.80. The fourth-order valence-corrected chi connectivity index (χ4v) is 2.03. The zero-order chi connectivity index (χ0) is 18.6. The Morgan fingerprint density at radius 3 is 2.00 bits per heavy atom. The predicted molar refractivity (Wildman–Crippen MR) is 91.5 cm³/mol. The smallest absolute Gasteiger partial charge is 0.277 e. The van der Waals surface area contributed by atoms with Crippen LogP contribution in [0.2, 0.25) is 0 Å². The van der Waals surface area contributed by atoms with Crippen molar-refractivity contribution in [1.82, 2.24) is 5.32 Å². The molecule has 0 unspecified atom stereocenters. The summed E-state index contributed by atoms with van der Waals surface area (Å²) in [6.07, 6.45) is 0. The third-order valence-electron chi connectivity index (χ3n) is 2.94. The summed E-state index contributed by atoms with van der Waals surface area (Å²) in [5, 5.41) is 35.7. The van der Waals surface area contributed by atoms with Crippen LogP contribution in [0, 0.1) is 20.2 Å². The van der Waals surface area contributed by atoms with Crippen LogP contribution in [0.4, 0.5) is 17.1 Å². The van der Waals surface area contributed by atoms with Crippen LogP contribution in [0.3, 0.4) is 0 Å². The lowest BCUT2D eigenvalue weighted by atomic mass is 10.1. The first-order valence-corrected chi connectivity index (χ1v) is 7.02. The molecule has 2 aromatic rings. The molecule has 10 nitrogen and oxygen atoms in total. The second-order valence-electron chi connectivity index (χ2n) is 4.71. The van der Waals surface area contributed by atoms with Gasteiger partial charge in [-0.2, -0.15) is 0 Å². The van der Waals surface area contributed by atoms with E-state index >= 15 is 0 Å². The minimum Gasteiger partial charge on any atom is -0.508 e. The van der Waals surface area contributed by atoms with E-state index in [4.69, 9.17) is 12.2 Å². The zero-order valence-corrected chi connectivity index (χ0v) is 13.1. The molecule has 0 radical (unpaired) electrons. The Labute approximate surface area is 145 Å². The van der Waals surface area contributed by atoms with Gasteiger partial charge in [-0.15, -0.1) is 0 Å². The van der Waals surface area contributed by atoms with Crippen molar-refractivity contribution in [2.45, 2.75) is 0 Å². The number of carbonyl (C=O) groups excluding carboxylic acids is 1.